The maximum Gasteiger partial charge on any atom is 0.303 e. The highest BCUT2D eigenvalue weighted by atomic mass is 32.1. The number of hydrogen-bond donors (Lipinski definition) is 3. The molecule has 7 nitrogen and oxygen atoms in total. The Morgan fingerprint density at radius 2 is 2.14 bits per heavy atom. The molecule has 0 aliphatic carbocycles. The van der Waals surface area contributed by atoms with Crippen molar-refractivity contribution in [2.24, 2.45) is 16.9 Å². The second kappa shape index (κ2) is 11.7. The van der Waals surface area contributed by atoms with Gasteiger partial charge in [0.2, 0.25) is 0 Å². The Balaban J connectivity index is 1.83. The van der Waals surface area contributed by atoms with Gasteiger partial charge < -0.3 is 19.9 Å². The van der Waals surface area contributed by atoms with Crippen LogP contribution in [-0.2, 0) is 14.3 Å². The zero-order valence-corrected chi connectivity index (χ0v) is 17.2. The van der Waals surface area contributed by atoms with E-state index in [0.29, 0.717) is 24.1 Å². The number of unbranched alkanes of at least 4 members (excludes halogenated alkanes) is 1. The van der Waals surface area contributed by atoms with Crippen molar-refractivity contribution in [2.45, 2.75) is 51.9 Å². The fourth-order valence-corrected chi connectivity index (χ4v) is 3.31. The van der Waals surface area contributed by atoms with Crippen molar-refractivity contribution in [3.05, 3.63) is 30.3 Å². The van der Waals surface area contributed by atoms with Crippen LogP contribution in [0.2, 0.25) is 0 Å². The van der Waals surface area contributed by atoms with Gasteiger partial charge in [0, 0.05) is 18.0 Å². The molecule has 1 fully saturated rings. The predicted molar refractivity (Wildman–Crippen MR) is 113 cm³/mol. The van der Waals surface area contributed by atoms with Gasteiger partial charge in [-0.1, -0.05) is 38.0 Å². The van der Waals surface area contributed by atoms with Gasteiger partial charge in [-0.2, -0.15) is 5.10 Å². The molecule has 8 heteroatoms. The van der Waals surface area contributed by atoms with Gasteiger partial charge >= 0.3 is 5.97 Å². The summed E-state index contributed by atoms with van der Waals surface area (Å²) in [7, 11) is 0. The van der Waals surface area contributed by atoms with Gasteiger partial charge in [-0.25, -0.2) is 0 Å². The van der Waals surface area contributed by atoms with Gasteiger partial charge in [0.1, 0.15) is 6.10 Å². The van der Waals surface area contributed by atoms with Crippen molar-refractivity contribution < 1.29 is 19.4 Å². The van der Waals surface area contributed by atoms with E-state index in [4.69, 9.17) is 26.8 Å². The number of hydrogen-bond acceptors (Lipinski definition) is 5. The molecule has 1 unspecified atom stereocenters. The maximum absolute atomic E-state index is 10.6. The van der Waals surface area contributed by atoms with Crippen molar-refractivity contribution in [3.8, 4) is 0 Å². The predicted octanol–water partition coefficient (Wildman–Crippen LogP) is 3.62. The zero-order chi connectivity index (χ0) is 20.4. The Hall–Kier alpha value is -2.03. The summed E-state index contributed by atoms with van der Waals surface area (Å²) in [6.45, 7) is 4.60. The average molecular weight is 408 g/mol. The van der Waals surface area contributed by atoms with E-state index in [0.717, 1.165) is 18.5 Å². The first-order valence-corrected chi connectivity index (χ1v) is 10.0. The highest BCUT2D eigenvalue weighted by molar-refractivity contribution is 7.80. The smallest absolute Gasteiger partial charge is 0.303 e. The summed E-state index contributed by atoms with van der Waals surface area (Å²) in [5, 5.41) is 16.5. The summed E-state index contributed by atoms with van der Waals surface area (Å²) in [5.41, 5.74) is 3.71. The minimum atomic E-state index is -0.748. The Kier molecular flexibility index (Phi) is 9.33. The van der Waals surface area contributed by atoms with Crippen LogP contribution in [-0.4, -0.2) is 41.4 Å². The van der Waals surface area contributed by atoms with E-state index in [2.05, 4.69) is 22.8 Å². The molecule has 2 rings (SSSR count). The lowest BCUT2D eigenvalue weighted by Crippen LogP contribution is -2.43. The minimum Gasteiger partial charge on any atom is -0.481 e. The summed E-state index contributed by atoms with van der Waals surface area (Å²) < 4.78 is 11.6. The lowest BCUT2D eigenvalue weighted by molar-refractivity contribution is -0.215. The molecule has 0 spiro atoms. The number of hydrazone groups is 1. The van der Waals surface area contributed by atoms with Crippen molar-refractivity contribution in [1.82, 2.24) is 5.43 Å². The van der Waals surface area contributed by atoms with Gasteiger partial charge in [0.05, 0.1) is 12.8 Å². The van der Waals surface area contributed by atoms with Gasteiger partial charge in [0.25, 0.3) is 0 Å². The molecule has 1 aliphatic heterocycles. The molecule has 1 saturated heterocycles. The number of benzene rings is 1. The molecular formula is C20H29N3O4S. The number of carboxylic acids is 1. The third-order valence-electron chi connectivity index (χ3n) is 4.74. The summed E-state index contributed by atoms with van der Waals surface area (Å²) in [6, 6.07) is 9.63. The lowest BCUT2D eigenvalue weighted by atomic mass is 9.85. The fraction of sp³-hybridized carbons (Fsp3) is 0.550. The molecule has 1 heterocycles. The number of carbonyl (C=O) groups is 1. The van der Waals surface area contributed by atoms with Crippen molar-refractivity contribution in [2.75, 3.05) is 11.9 Å². The van der Waals surface area contributed by atoms with E-state index < -0.39 is 5.97 Å². The number of rotatable bonds is 9. The van der Waals surface area contributed by atoms with Crippen LogP contribution in [0.4, 0.5) is 5.69 Å². The Morgan fingerprint density at radius 3 is 2.86 bits per heavy atom. The van der Waals surface area contributed by atoms with Gasteiger partial charge in [-0.3, -0.25) is 10.2 Å². The van der Waals surface area contributed by atoms with E-state index in [-0.39, 0.29) is 24.7 Å². The first-order valence-electron chi connectivity index (χ1n) is 9.59. The molecular weight excluding hydrogens is 378 g/mol. The number of para-hydroxylation sites is 1. The topological polar surface area (TPSA) is 92.2 Å². The number of carboxylic acid groups (broad SMARTS) is 1. The second-order valence-corrected chi connectivity index (χ2v) is 7.40. The number of nitrogens with one attached hydrogen (secondary N) is 2. The molecule has 0 bridgehead atoms. The molecule has 0 saturated carbocycles. The standard InChI is InChI=1S/C20H29N3O4S/c1-14(8-6-7-11-19(24)25)17-13-26-15(2)27-18(17)12-21-23-20(28)22-16-9-4-3-5-10-16/h3-5,9-10,12,14-15,17-18H,6-8,11,13H2,1-2H3,(H,24,25)(H2,22,23,28)/t14?,15-,17-,18+/m1/s1. The molecule has 0 amide bonds. The highest BCUT2D eigenvalue weighted by Gasteiger charge is 2.32. The van der Waals surface area contributed by atoms with Crippen LogP contribution in [0.25, 0.3) is 0 Å². The molecule has 28 heavy (non-hydrogen) atoms. The lowest BCUT2D eigenvalue weighted by Gasteiger charge is -2.36. The van der Waals surface area contributed by atoms with Crippen LogP contribution < -0.4 is 10.7 Å². The number of aliphatic carboxylic acids is 1. The van der Waals surface area contributed by atoms with E-state index in [1.165, 1.54) is 0 Å². The van der Waals surface area contributed by atoms with Crippen LogP contribution in [0.15, 0.2) is 35.4 Å². The summed E-state index contributed by atoms with van der Waals surface area (Å²) in [6.07, 6.45) is 3.94. The maximum atomic E-state index is 10.6. The first-order chi connectivity index (χ1) is 13.5. The van der Waals surface area contributed by atoms with Crippen LogP contribution in [0.5, 0.6) is 0 Å². The number of thiocarbonyl (C=S) groups is 1. The van der Waals surface area contributed by atoms with Crippen LogP contribution in [0, 0.1) is 11.8 Å². The van der Waals surface area contributed by atoms with E-state index in [1.807, 2.05) is 37.3 Å². The Morgan fingerprint density at radius 1 is 1.39 bits per heavy atom. The van der Waals surface area contributed by atoms with E-state index in [1.54, 1.807) is 6.21 Å². The Bertz CT molecular complexity index is 656. The Labute approximate surface area is 171 Å². The average Bonchev–Trinajstić information content (AvgIpc) is 2.66. The minimum absolute atomic E-state index is 0.155. The van der Waals surface area contributed by atoms with Crippen LogP contribution in [0.3, 0.4) is 0 Å². The first kappa shape index (κ1) is 22.3. The summed E-state index contributed by atoms with van der Waals surface area (Å²) >= 11 is 5.25. The second-order valence-electron chi connectivity index (χ2n) is 6.99. The molecule has 1 aromatic rings. The third-order valence-corrected chi connectivity index (χ3v) is 4.94. The van der Waals surface area contributed by atoms with Gasteiger partial charge in [0.15, 0.2) is 11.4 Å². The quantitative estimate of drug-likeness (QED) is 0.249. The molecule has 0 radical (unpaired) electrons. The van der Waals surface area contributed by atoms with E-state index in [9.17, 15) is 4.79 Å². The number of anilines is 1. The summed E-state index contributed by atoms with van der Waals surface area (Å²) in [5.74, 6) is -0.267. The van der Waals surface area contributed by atoms with Gasteiger partial charge in [-0.05, 0) is 43.6 Å². The van der Waals surface area contributed by atoms with Crippen molar-refractivity contribution in [3.63, 3.8) is 0 Å². The van der Waals surface area contributed by atoms with Crippen molar-refractivity contribution in [1.29, 1.82) is 0 Å². The number of ether oxygens (including phenoxy) is 2. The molecule has 154 valence electrons. The normalized spacial score (nSPS) is 23.3. The SMILES string of the molecule is CC(CCCCC(=O)O)[C@H]1CO[C@@H](C)O[C@H]1C=NNC(=S)Nc1ccccc1. The molecule has 1 aliphatic rings. The number of nitrogens with zero attached hydrogens (tertiary/aromatic N) is 1. The molecule has 4 atom stereocenters. The van der Waals surface area contributed by atoms with Crippen LogP contribution in [0.1, 0.15) is 39.5 Å². The largest absolute Gasteiger partial charge is 0.481 e. The van der Waals surface area contributed by atoms with Gasteiger partial charge in [-0.15, -0.1) is 0 Å². The highest BCUT2D eigenvalue weighted by Crippen LogP contribution is 2.28. The van der Waals surface area contributed by atoms with Crippen LogP contribution >= 0.6 is 12.2 Å². The third kappa shape index (κ3) is 7.92. The van der Waals surface area contributed by atoms with E-state index >= 15 is 0 Å². The molecule has 0 aromatic heterocycles. The molecule has 1 aromatic carbocycles. The monoisotopic (exact) mass is 407 g/mol. The van der Waals surface area contributed by atoms with Crippen molar-refractivity contribution >= 4 is 35.2 Å². The molecule has 3 N–H and O–H groups in total. The zero-order valence-electron chi connectivity index (χ0n) is 16.3. The fourth-order valence-electron chi connectivity index (χ4n) is 3.14. The summed E-state index contributed by atoms with van der Waals surface area (Å²) in [4.78, 5) is 10.6.